The summed E-state index contributed by atoms with van der Waals surface area (Å²) >= 11 is 11.9. The third kappa shape index (κ3) is 2.56. The molecule has 2 aromatic rings. The van der Waals surface area contributed by atoms with Crippen LogP contribution in [-0.4, -0.2) is 10.9 Å². The van der Waals surface area contributed by atoms with Crippen molar-refractivity contribution in [3.8, 4) is 0 Å². The molecule has 0 amide bonds. The van der Waals surface area contributed by atoms with Gasteiger partial charge in [0.2, 0.25) is 0 Å². The first-order valence-electron chi connectivity index (χ1n) is 5.32. The molecule has 0 unspecified atom stereocenters. The van der Waals surface area contributed by atoms with E-state index in [2.05, 4.69) is 0 Å². The lowest BCUT2D eigenvalue weighted by Gasteiger charge is -2.08. The standard InChI is InChI=1S/C14H10Cl2O2/c15-10-6-5-9(8-17)12(7-10)14(18)11-3-1-2-4-13(11)16/h1-7,17H,8H2. The van der Waals surface area contributed by atoms with Crippen LogP contribution in [0.1, 0.15) is 21.5 Å². The van der Waals surface area contributed by atoms with Crippen molar-refractivity contribution in [1.29, 1.82) is 0 Å². The van der Waals surface area contributed by atoms with Gasteiger partial charge in [-0.1, -0.05) is 41.4 Å². The number of carbonyl (C=O) groups is 1. The van der Waals surface area contributed by atoms with Crippen molar-refractivity contribution in [2.45, 2.75) is 6.61 Å². The van der Waals surface area contributed by atoms with Crippen LogP contribution in [0.5, 0.6) is 0 Å². The summed E-state index contributed by atoms with van der Waals surface area (Å²) in [5.74, 6) is -0.243. The highest BCUT2D eigenvalue weighted by molar-refractivity contribution is 6.35. The molecule has 2 rings (SSSR count). The smallest absolute Gasteiger partial charge is 0.194 e. The van der Waals surface area contributed by atoms with Crippen LogP contribution in [0.3, 0.4) is 0 Å². The third-order valence-corrected chi connectivity index (χ3v) is 3.17. The fourth-order valence-corrected chi connectivity index (χ4v) is 2.08. The number of hydrogen-bond acceptors (Lipinski definition) is 2. The minimum absolute atomic E-state index is 0.220. The molecule has 0 spiro atoms. The summed E-state index contributed by atoms with van der Waals surface area (Å²) in [4.78, 5) is 12.3. The second-order valence-electron chi connectivity index (χ2n) is 3.77. The van der Waals surface area contributed by atoms with E-state index in [1.54, 1.807) is 42.5 Å². The Morgan fingerprint density at radius 2 is 1.78 bits per heavy atom. The van der Waals surface area contributed by atoms with E-state index in [1.807, 2.05) is 0 Å². The van der Waals surface area contributed by atoms with Gasteiger partial charge in [0.05, 0.1) is 11.6 Å². The molecule has 2 aromatic carbocycles. The summed E-state index contributed by atoms with van der Waals surface area (Å²) in [6.45, 7) is -0.220. The van der Waals surface area contributed by atoms with Gasteiger partial charge in [-0.25, -0.2) is 0 Å². The minimum Gasteiger partial charge on any atom is -0.392 e. The third-order valence-electron chi connectivity index (χ3n) is 2.61. The molecule has 0 aliphatic heterocycles. The molecule has 0 aromatic heterocycles. The summed E-state index contributed by atoms with van der Waals surface area (Å²) in [6.07, 6.45) is 0. The van der Waals surface area contributed by atoms with Gasteiger partial charge >= 0.3 is 0 Å². The van der Waals surface area contributed by atoms with Crippen LogP contribution in [0.15, 0.2) is 42.5 Å². The number of aliphatic hydroxyl groups is 1. The molecule has 1 N–H and O–H groups in total. The lowest BCUT2D eigenvalue weighted by Crippen LogP contribution is -2.06. The van der Waals surface area contributed by atoms with Crippen LogP contribution in [0.25, 0.3) is 0 Å². The zero-order valence-electron chi connectivity index (χ0n) is 9.36. The quantitative estimate of drug-likeness (QED) is 0.871. The maximum Gasteiger partial charge on any atom is 0.194 e. The molecule has 0 aliphatic rings. The normalized spacial score (nSPS) is 10.4. The average Bonchev–Trinajstić information content (AvgIpc) is 2.38. The van der Waals surface area contributed by atoms with Gasteiger partial charge in [0.25, 0.3) is 0 Å². The maximum atomic E-state index is 12.3. The highest BCUT2D eigenvalue weighted by Gasteiger charge is 2.16. The van der Waals surface area contributed by atoms with Gasteiger partial charge in [0, 0.05) is 16.1 Å². The number of ketones is 1. The first-order chi connectivity index (χ1) is 8.63. The van der Waals surface area contributed by atoms with Crippen LogP contribution in [0.4, 0.5) is 0 Å². The zero-order chi connectivity index (χ0) is 13.1. The van der Waals surface area contributed by atoms with Crippen molar-refractivity contribution >= 4 is 29.0 Å². The Bertz CT molecular complexity index is 594. The highest BCUT2D eigenvalue weighted by atomic mass is 35.5. The number of carbonyl (C=O) groups excluding carboxylic acids is 1. The predicted octanol–water partition coefficient (Wildman–Crippen LogP) is 3.72. The van der Waals surface area contributed by atoms with Gasteiger partial charge in [-0.05, 0) is 29.8 Å². The van der Waals surface area contributed by atoms with Gasteiger partial charge in [0.1, 0.15) is 0 Å². The Hall–Kier alpha value is -1.35. The van der Waals surface area contributed by atoms with E-state index < -0.39 is 0 Å². The van der Waals surface area contributed by atoms with Crippen LogP contribution >= 0.6 is 23.2 Å². The highest BCUT2D eigenvalue weighted by Crippen LogP contribution is 2.23. The largest absolute Gasteiger partial charge is 0.392 e. The fourth-order valence-electron chi connectivity index (χ4n) is 1.69. The van der Waals surface area contributed by atoms with E-state index in [4.69, 9.17) is 23.2 Å². The summed E-state index contributed by atoms with van der Waals surface area (Å²) < 4.78 is 0. The molecule has 2 nitrogen and oxygen atoms in total. The lowest BCUT2D eigenvalue weighted by atomic mass is 9.99. The van der Waals surface area contributed by atoms with E-state index in [0.29, 0.717) is 26.7 Å². The Morgan fingerprint density at radius 3 is 2.44 bits per heavy atom. The number of rotatable bonds is 3. The van der Waals surface area contributed by atoms with E-state index in [0.717, 1.165) is 0 Å². The first-order valence-corrected chi connectivity index (χ1v) is 6.07. The van der Waals surface area contributed by atoms with Gasteiger partial charge in [-0.15, -0.1) is 0 Å². The molecule has 18 heavy (non-hydrogen) atoms. The molecule has 0 atom stereocenters. The van der Waals surface area contributed by atoms with Crippen LogP contribution in [0, 0.1) is 0 Å². The molecule has 0 saturated heterocycles. The van der Waals surface area contributed by atoms with Crippen molar-refractivity contribution in [2.75, 3.05) is 0 Å². The van der Waals surface area contributed by atoms with Crippen molar-refractivity contribution in [3.05, 3.63) is 69.2 Å². The van der Waals surface area contributed by atoms with Crippen LogP contribution in [-0.2, 0) is 6.61 Å². The fraction of sp³-hybridized carbons (Fsp3) is 0.0714. The Morgan fingerprint density at radius 1 is 1.06 bits per heavy atom. The second kappa shape index (κ2) is 5.53. The van der Waals surface area contributed by atoms with Gasteiger partial charge in [0.15, 0.2) is 5.78 Å². The minimum atomic E-state index is -0.243. The van der Waals surface area contributed by atoms with E-state index in [9.17, 15) is 9.90 Å². The van der Waals surface area contributed by atoms with Gasteiger partial charge < -0.3 is 5.11 Å². The summed E-state index contributed by atoms with van der Waals surface area (Å²) in [7, 11) is 0. The van der Waals surface area contributed by atoms with E-state index in [-0.39, 0.29) is 12.4 Å². The molecule has 0 fully saturated rings. The van der Waals surface area contributed by atoms with Gasteiger partial charge in [-0.3, -0.25) is 4.79 Å². The second-order valence-corrected chi connectivity index (χ2v) is 4.61. The lowest BCUT2D eigenvalue weighted by molar-refractivity contribution is 0.103. The average molecular weight is 281 g/mol. The maximum absolute atomic E-state index is 12.3. The topological polar surface area (TPSA) is 37.3 Å². The molecule has 4 heteroatoms. The van der Waals surface area contributed by atoms with Crippen molar-refractivity contribution in [1.82, 2.24) is 0 Å². The molecule has 0 radical (unpaired) electrons. The molecule has 0 heterocycles. The molecular weight excluding hydrogens is 271 g/mol. The summed E-state index contributed by atoms with van der Waals surface area (Å²) in [6, 6.07) is 11.6. The van der Waals surface area contributed by atoms with Gasteiger partial charge in [-0.2, -0.15) is 0 Å². The Kier molecular flexibility index (Phi) is 4.02. The predicted molar refractivity (Wildman–Crippen MR) is 72.3 cm³/mol. The van der Waals surface area contributed by atoms with E-state index >= 15 is 0 Å². The SMILES string of the molecule is O=C(c1ccccc1Cl)c1cc(Cl)ccc1CO. The summed E-state index contributed by atoms with van der Waals surface area (Å²) in [5.41, 5.74) is 1.30. The number of hydrogen-bond donors (Lipinski definition) is 1. The Balaban J connectivity index is 2.52. The molecule has 92 valence electrons. The molecule has 0 bridgehead atoms. The van der Waals surface area contributed by atoms with Crippen LogP contribution < -0.4 is 0 Å². The Labute approximate surface area is 115 Å². The molecule has 0 aliphatic carbocycles. The first kappa shape index (κ1) is 13.1. The number of benzene rings is 2. The van der Waals surface area contributed by atoms with Crippen molar-refractivity contribution < 1.29 is 9.90 Å². The van der Waals surface area contributed by atoms with Crippen LogP contribution in [0.2, 0.25) is 10.0 Å². The van der Waals surface area contributed by atoms with Crippen molar-refractivity contribution in [3.63, 3.8) is 0 Å². The molecule has 0 saturated carbocycles. The zero-order valence-corrected chi connectivity index (χ0v) is 10.9. The monoisotopic (exact) mass is 280 g/mol. The van der Waals surface area contributed by atoms with E-state index in [1.165, 1.54) is 0 Å². The van der Waals surface area contributed by atoms with Crippen molar-refractivity contribution in [2.24, 2.45) is 0 Å². The summed E-state index contributed by atoms with van der Waals surface area (Å²) in [5, 5.41) is 10.1. The number of halogens is 2. The molecular formula is C14H10Cl2O2. The number of aliphatic hydroxyl groups excluding tert-OH is 1.